The molecule has 0 aromatic carbocycles. The summed E-state index contributed by atoms with van der Waals surface area (Å²) >= 11 is 0. The Kier molecular flexibility index (Phi) is 5.60. The number of hydrogen-bond donors (Lipinski definition) is 1. The van der Waals surface area contributed by atoms with Gasteiger partial charge >= 0.3 is 0 Å². The van der Waals surface area contributed by atoms with Gasteiger partial charge in [-0.3, -0.25) is 0 Å². The van der Waals surface area contributed by atoms with Gasteiger partial charge in [-0.25, -0.2) is 0 Å². The number of aliphatic hydroxyl groups excluding tert-OH is 1. The van der Waals surface area contributed by atoms with Crippen LogP contribution in [-0.4, -0.2) is 11.2 Å². The SMILES string of the molecule is C=CC(O)C(C)[CH]C#CCC. The molecule has 0 saturated heterocycles. The Morgan fingerprint density at radius 2 is 2.27 bits per heavy atom. The van der Waals surface area contributed by atoms with E-state index in [1.807, 2.05) is 13.8 Å². The van der Waals surface area contributed by atoms with Crippen LogP contribution >= 0.6 is 0 Å². The first-order chi connectivity index (χ1) is 5.22. The lowest BCUT2D eigenvalue weighted by Gasteiger charge is -2.10. The van der Waals surface area contributed by atoms with Crippen molar-refractivity contribution in [3.05, 3.63) is 19.1 Å². The molecular formula is C10H15O. The van der Waals surface area contributed by atoms with Crippen molar-refractivity contribution >= 4 is 0 Å². The monoisotopic (exact) mass is 151 g/mol. The Labute approximate surface area is 69.1 Å². The van der Waals surface area contributed by atoms with Crippen LogP contribution in [0.1, 0.15) is 20.3 Å². The number of hydrogen-bond acceptors (Lipinski definition) is 1. The summed E-state index contributed by atoms with van der Waals surface area (Å²) in [6.45, 7) is 7.40. The van der Waals surface area contributed by atoms with Crippen LogP contribution < -0.4 is 0 Å². The molecule has 1 heteroatoms. The van der Waals surface area contributed by atoms with E-state index in [9.17, 15) is 5.11 Å². The molecule has 0 aliphatic rings. The second-order valence-corrected chi connectivity index (χ2v) is 2.43. The van der Waals surface area contributed by atoms with Crippen molar-refractivity contribution in [2.75, 3.05) is 0 Å². The average Bonchev–Trinajstić information content (AvgIpc) is 2.03. The van der Waals surface area contributed by atoms with Crippen LogP contribution in [-0.2, 0) is 0 Å². The quantitative estimate of drug-likeness (QED) is 0.481. The predicted octanol–water partition coefficient (Wildman–Crippen LogP) is 1.79. The highest BCUT2D eigenvalue weighted by molar-refractivity contribution is 5.12. The molecule has 0 rings (SSSR count). The van der Waals surface area contributed by atoms with E-state index < -0.39 is 6.10 Å². The van der Waals surface area contributed by atoms with Gasteiger partial charge in [0.15, 0.2) is 0 Å². The summed E-state index contributed by atoms with van der Waals surface area (Å²) in [4.78, 5) is 0. The predicted molar refractivity (Wildman–Crippen MR) is 47.7 cm³/mol. The molecule has 2 unspecified atom stereocenters. The molecule has 2 atom stereocenters. The standard InChI is InChI=1S/C10H15O/c1-4-6-7-8-9(3)10(11)5-2/h5,8-11H,2,4H2,1,3H3. The summed E-state index contributed by atoms with van der Waals surface area (Å²) in [5.74, 6) is 5.85. The second-order valence-electron chi connectivity index (χ2n) is 2.43. The molecule has 0 aromatic rings. The maximum absolute atomic E-state index is 9.21. The maximum atomic E-state index is 9.21. The fourth-order valence-corrected chi connectivity index (χ4v) is 0.606. The fraction of sp³-hybridized carbons (Fsp3) is 0.500. The zero-order valence-electron chi connectivity index (χ0n) is 7.17. The molecule has 0 spiro atoms. The van der Waals surface area contributed by atoms with Gasteiger partial charge < -0.3 is 5.11 Å². The molecule has 0 saturated carbocycles. The summed E-state index contributed by atoms with van der Waals surface area (Å²) in [6.07, 6.45) is 3.71. The van der Waals surface area contributed by atoms with E-state index in [-0.39, 0.29) is 5.92 Å². The zero-order chi connectivity index (χ0) is 8.69. The number of aliphatic hydroxyl groups is 1. The molecule has 1 radical (unpaired) electrons. The largest absolute Gasteiger partial charge is 0.389 e. The average molecular weight is 151 g/mol. The first-order valence-corrected chi connectivity index (χ1v) is 3.84. The minimum Gasteiger partial charge on any atom is -0.389 e. The highest BCUT2D eigenvalue weighted by Crippen LogP contribution is 2.06. The molecule has 0 bridgehead atoms. The Bertz CT molecular complexity index is 161. The molecule has 11 heavy (non-hydrogen) atoms. The van der Waals surface area contributed by atoms with Crippen molar-refractivity contribution in [3.8, 4) is 11.8 Å². The van der Waals surface area contributed by atoms with Gasteiger partial charge in [0.2, 0.25) is 0 Å². The van der Waals surface area contributed by atoms with Crippen molar-refractivity contribution < 1.29 is 5.11 Å². The maximum Gasteiger partial charge on any atom is 0.0756 e. The summed E-state index contributed by atoms with van der Waals surface area (Å²) < 4.78 is 0. The summed E-state index contributed by atoms with van der Waals surface area (Å²) in [6, 6.07) is 0. The Hall–Kier alpha value is -0.740. The third-order valence-electron chi connectivity index (χ3n) is 1.41. The van der Waals surface area contributed by atoms with Gasteiger partial charge in [0.05, 0.1) is 6.10 Å². The lowest BCUT2D eigenvalue weighted by Crippen LogP contribution is -2.13. The van der Waals surface area contributed by atoms with Gasteiger partial charge in [-0.05, 0) is 0 Å². The van der Waals surface area contributed by atoms with Crippen LogP contribution in [0.5, 0.6) is 0 Å². The fourth-order valence-electron chi connectivity index (χ4n) is 0.606. The molecule has 0 heterocycles. The lowest BCUT2D eigenvalue weighted by atomic mass is 10.0. The third kappa shape index (κ3) is 4.64. The van der Waals surface area contributed by atoms with Crippen LogP contribution in [0, 0.1) is 24.2 Å². The molecule has 0 aliphatic carbocycles. The van der Waals surface area contributed by atoms with E-state index in [2.05, 4.69) is 18.4 Å². The Morgan fingerprint density at radius 1 is 1.64 bits per heavy atom. The van der Waals surface area contributed by atoms with Crippen LogP contribution in [0.25, 0.3) is 0 Å². The first kappa shape index (κ1) is 10.3. The van der Waals surface area contributed by atoms with E-state index in [1.165, 1.54) is 6.08 Å². The van der Waals surface area contributed by atoms with E-state index in [1.54, 1.807) is 6.42 Å². The van der Waals surface area contributed by atoms with Crippen LogP contribution in [0.4, 0.5) is 0 Å². The third-order valence-corrected chi connectivity index (χ3v) is 1.41. The zero-order valence-corrected chi connectivity index (χ0v) is 7.17. The molecule has 1 nitrogen and oxygen atoms in total. The highest BCUT2D eigenvalue weighted by atomic mass is 16.3. The van der Waals surface area contributed by atoms with Crippen LogP contribution in [0.3, 0.4) is 0 Å². The van der Waals surface area contributed by atoms with Gasteiger partial charge in [0, 0.05) is 18.8 Å². The van der Waals surface area contributed by atoms with Gasteiger partial charge in [-0.2, -0.15) is 0 Å². The van der Waals surface area contributed by atoms with Gasteiger partial charge in [-0.1, -0.05) is 25.8 Å². The molecule has 1 N–H and O–H groups in total. The van der Waals surface area contributed by atoms with Gasteiger partial charge in [0.25, 0.3) is 0 Å². The molecular weight excluding hydrogens is 136 g/mol. The first-order valence-electron chi connectivity index (χ1n) is 3.84. The van der Waals surface area contributed by atoms with E-state index in [0.29, 0.717) is 0 Å². The minimum absolute atomic E-state index is 0.0755. The normalized spacial score (nSPS) is 14.5. The van der Waals surface area contributed by atoms with Gasteiger partial charge in [0.1, 0.15) is 0 Å². The van der Waals surface area contributed by atoms with Crippen LogP contribution in [0.2, 0.25) is 0 Å². The summed E-state index contributed by atoms with van der Waals surface area (Å²) in [5, 5.41) is 9.21. The molecule has 0 aromatic heterocycles. The Morgan fingerprint density at radius 3 is 2.73 bits per heavy atom. The summed E-state index contributed by atoms with van der Waals surface area (Å²) in [7, 11) is 0. The molecule has 0 fully saturated rings. The minimum atomic E-state index is -0.471. The van der Waals surface area contributed by atoms with Crippen molar-refractivity contribution in [2.24, 2.45) is 5.92 Å². The molecule has 0 aliphatic heterocycles. The Balaban J connectivity index is 3.67. The lowest BCUT2D eigenvalue weighted by molar-refractivity contribution is 0.181. The van der Waals surface area contributed by atoms with Crippen LogP contribution in [0.15, 0.2) is 12.7 Å². The topological polar surface area (TPSA) is 20.2 Å². The smallest absolute Gasteiger partial charge is 0.0756 e. The van der Waals surface area contributed by atoms with Crippen molar-refractivity contribution in [3.63, 3.8) is 0 Å². The summed E-state index contributed by atoms with van der Waals surface area (Å²) in [5.41, 5.74) is 0. The molecule has 61 valence electrons. The van der Waals surface area contributed by atoms with Crippen molar-refractivity contribution in [1.82, 2.24) is 0 Å². The van der Waals surface area contributed by atoms with Gasteiger partial charge in [-0.15, -0.1) is 12.5 Å². The van der Waals surface area contributed by atoms with E-state index in [4.69, 9.17) is 0 Å². The highest BCUT2D eigenvalue weighted by Gasteiger charge is 2.07. The van der Waals surface area contributed by atoms with Crippen molar-refractivity contribution in [2.45, 2.75) is 26.4 Å². The number of rotatable bonds is 3. The van der Waals surface area contributed by atoms with Crippen molar-refractivity contribution in [1.29, 1.82) is 0 Å². The van der Waals surface area contributed by atoms with E-state index >= 15 is 0 Å². The van der Waals surface area contributed by atoms with E-state index in [0.717, 1.165) is 6.42 Å². The second kappa shape index (κ2) is 6.00. The molecule has 0 amide bonds.